The Morgan fingerprint density at radius 2 is 1.63 bits per heavy atom. The van der Waals surface area contributed by atoms with E-state index >= 15 is 0 Å². The van der Waals surface area contributed by atoms with E-state index in [0.717, 1.165) is 68.4 Å². The van der Waals surface area contributed by atoms with Gasteiger partial charge in [-0.2, -0.15) is 5.10 Å². The highest BCUT2D eigenvalue weighted by molar-refractivity contribution is 6.00. The van der Waals surface area contributed by atoms with E-state index in [1.54, 1.807) is 11.8 Å². The molecular formula is C28H38N4O3. The van der Waals surface area contributed by atoms with Crippen LogP contribution in [0.3, 0.4) is 0 Å². The fourth-order valence-corrected chi connectivity index (χ4v) is 6.18. The lowest BCUT2D eigenvalue weighted by Gasteiger charge is -2.47. The van der Waals surface area contributed by atoms with Crippen molar-refractivity contribution >= 4 is 11.8 Å². The number of methoxy groups -OCH3 is 1. The van der Waals surface area contributed by atoms with Crippen LogP contribution in [0.25, 0.3) is 11.3 Å². The molecule has 1 N–H and O–H groups in total. The number of ether oxygens (including phenoxy) is 1. The molecule has 7 heteroatoms. The van der Waals surface area contributed by atoms with Gasteiger partial charge in [-0.1, -0.05) is 44.9 Å². The zero-order valence-electron chi connectivity index (χ0n) is 21.1. The van der Waals surface area contributed by atoms with E-state index in [4.69, 9.17) is 9.84 Å². The number of nitrogens with one attached hydrogen (secondary N) is 1. The number of hydrogen-bond acceptors (Lipinski definition) is 4. The minimum Gasteiger partial charge on any atom is -0.497 e. The Bertz CT molecular complexity index is 1050. The van der Waals surface area contributed by atoms with E-state index in [1.807, 2.05) is 42.2 Å². The molecule has 0 bridgehead atoms. The fraction of sp³-hybridized carbons (Fsp3) is 0.607. The predicted octanol–water partition coefficient (Wildman–Crippen LogP) is 4.94. The normalized spacial score (nSPS) is 24.1. The highest BCUT2D eigenvalue weighted by Gasteiger charge is 2.51. The first-order valence-corrected chi connectivity index (χ1v) is 13.4. The van der Waals surface area contributed by atoms with Gasteiger partial charge in [-0.3, -0.25) is 14.3 Å². The van der Waals surface area contributed by atoms with E-state index in [9.17, 15) is 9.59 Å². The van der Waals surface area contributed by atoms with Crippen LogP contribution in [0.5, 0.6) is 5.75 Å². The summed E-state index contributed by atoms with van der Waals surface area (Å²) in [6.45, 7) is 2.32. The summed E-state index contributed by atoms with van der Waals surface area (Å²) in [5.74, 6) is 0.672. The van der Waals surface area contributed by atoms with Gasteiger partial charge in [-0.25, -0.2) is 0 Å². The number of nitrogens with zero attached hydrogens (tertiary/aromatic N) is 3. The Morgan fingerprint density at radius 1 is 1.00 bits per heavy atom. The third-order valence-electron chi connectivity index (χ3n) is 8.21. The molecule has 0 saturated heterocycles. The lowest BCUT2D eigenvalue weighted by Crippen LogP contribution is -2.67. The molecule has 1 atom stereocenters. The first-order chi connectivity index (χ1) is 17.0. The van der Waals surface area contributed by atoms with Crippen molar-refractivity contribution in [1.82, 2.24) is 20.0 Å². The lowest BCUT2D eigenvalue weighted by atomic mass is 9.89. The van der Waals surface area contributed by atoms with E-state index < -0.39 is 5.54 Å². The molecule has 2 aromatic rings. The van der Waals surface area contributed by atoms with Gasteiger partial charge in [0.1, 0.15) is 17.0 Å². The maximum absolute atomic E-state index is 14.1. The summed E-state index contributed by atoms with van der Waals surface area (Å²) in [7, 11) is 1.64. The van der Waals surface area contributed by atoms with Gasteiger partial charge in [0.15, 0.2) is 0 Å². The van der Waals surface area contributed by atoms with E-state index in [1.165, 1.54) is 19.3 Å². The number of rotatable bonds is 5. The number of benzene rings is 1. The van der Waals surface area contributed by atoms with E-state index in [0.29, 0.717) is 12.2 Å². The molecule has 0 radical (unpaired) electrons. The van der Waals surface area contributed by atoms with Crippen molar-refractivity contribution in [3.63, 3.8) is 0 Å². The van der Waals surface area contributed by atoms with Crippen LogP contribution in [-0.2, 0) is 11.3 Å². The topological polar surface area (TPSA) is 76.5 Å². The Hall–Kier alpha value is -2.83. The van der Waals surface area contributed by atoms with Crippen LogP contribution in [0.2, 0.25) is 0 Å². The van der Waals surface area contributed by atoms with Crippen LogP contribution < -0.4 is 10.1 Å². The summed E-state index contributed by atoms with van der Waals surface area (Å²) in [4.78, 5) is 29.9. The van der Waals surface area contributed by atoms with Gasteiger partial charge in [0, 0.05) is 17.6 Å². The number of carbonyl (C=O) groups is 2. The van der Waals surface area contributed by atoms with Crippen molar-refractivity contribution in [1.29, 1.82) is 0 Å². The van der Waals surface area contributed by atoms with Gasteiger partial charge in [0.25, 0.3) is 5.91 Å². The fourth-order valence-electron chi connectivity index (χ4n) is 6.18. The van der Waals surface area contributed by atoms with Gasteiger partial charge in [0.2, 0.25) is 5.91 Å². The first-order valence-electron chi connectivity index (χ1n) is 13.4. The Balaban J connectivity index is 1.49. The number of carbonyl (C=O) groups excluding carboxylic acids is 2. The number of aromatic nitrogens is 2. The molecule has 2 heterocycles. The van der Waals surface area contributed by atoms with Gasteiger partial charge in [-0.15, -0.1) is 0 Å². The monoisotopic (exact) mass is 478 g/mol. The van der Waals surface area contributed by atoms with Crippen LogP contribution in [0.4, 0.5) is 0 Å². The third-order valence-corrected chi connectivity index (χ3v) is 8.21. The zero-order chi connectivity index (χ0) is 24.4. The van der Waals surface area contributed by atoms with Crippen LogP contribution >= 0.6 is 0 Å². The number of hydrogen-bond donors (Lipinski definition) is 1. The molecule has 0 spiro atoms. The molecular weight excluding hydrogens is 440 g/mol. The third kappa shape index (κ3) is 4.69. The number of fused-ring (bicyclic) bond motifs is 1. The van der Waals surface area contributed by atoms with Gasteiger partial charge < -0.3 is 15.0 Å². The van der Waals surface area contributed by atoms with Crippen molar-refractivity contribution in [2.45, 2.75) is 102 Å². The lowest BCUT2D eigenvalue weighted by molar-refractivity contribution is -0.135. The molecule has 2 fully saturated rings. The zero-order valence-corrected chi connectivity index (χ0v) is 21.1. The average Bonchev–Trinajstić information content (AvgIpc) is 3.12. The minimum absolute atomic E-state index is 0.0332. The minimum atomic E-state index is -0.959. The second-order valence-electron chi connectivity index (χ2n) is 10.7. The summed E-state index contributed by atoms with van der Waals surface area (Å²) in [6, 6.07) is 9.87. The van der Waals surface area contributed by atoms with Crippen LogP contribution in [0.1, 0.15) is 88.0 Å². The van der Waals surface area contributed by atoms with Crippen molar-refractivity contribution in [3.8, 4) is 17.0 Å². The van der Waals surface area contributed by atoms with E-state index in [-0.39, 0.29) is 23.9 Å². The maximum atomic E-state index is 14.1. The molecule has 1 aromatic carbocycles. The summed E-state index contributed by atoms with van der Waals surface area (Å²) in [6.07, 6.45) is 12.1. The molecule has 3 aliphatic rings. The largest absolute Gasteiger partial charge is 0.497 e. The van der Waals surface area contributed by atoms with Crippen LogP contribution in [0.15, 0.2) is 30.3 Å². The Labute approximate surface area is 208 Å². The van der Waals surface area contributed by atoms with Crippen molar-refractivity contribution in [2.75, 3.05) is 7.11 Å². The van der Waals surface area contributed by atoms with Crippen molar-refractivity contribution in [2.24, 2.45) is 0 Å². The van der Waals surface area contributed by atoms with Crippen molar-refractivity contribution < 1.29 is 14.3 Å². The molecule has 0 unspecified atom stereocenters. The summed E-state index contributed by atoms with van der Waals surface area (Å²) < 4.78 is 7.04. The molecule has 2 aliphatic carbocycles. The van der Waals surface area contributed by atoms with Crippen LogP contribution in [-0.4, -0.2) is 51.2 Å². The molecule has 35 heavy (non-hydrogen) atoms. The van der Waals surface area contributed by atoms with Gasteiger partial charge in [-0.05, 0) is 62.9 Å². The molecule has 2 amide bonds. The number of amides is 2. The van der Waals surface area contributed by atoms with Crippen molar-refractivity contribution in [3.05, 3.63) is 36.0 Å². The van der Waals surface area contributed by atoms with E-state index in [2.05, 4.69) is 5.32 Å². The second kappa shape index (κ2) is 10.0. The van der Waals surface area contributed by atoms with Gasteiger partial charge >= 0.3 is 0 Å². The molecule has 7 nitrogen and oxygen atoms in total. The summed E-state index contributed by atoms with van der Waals surface area (Å²) in [5, 5.41) is 8.13. The Kier molecular flexibility index (Phi) is 6.85. The quantitative estimate of drug-likeness (QED) is 0.617. The second-order valence-corrected chi connectivity index (χ2v) is 10.7. The standard InChI is InChI=1S/C28H38N4O3/c1-28(27(34)29-21-10-6-5-7-11-21)19-31-25(26(33)32(28)22-12-8-3-4-9-13-22)18-24(30-31)20-14-16-23(35-2)17-15-20/h14-18,21-22H,3-13,19H2,1-2H3,(H,29,34)/t28-/m1/s1. The SMILES string of the molecule is COc1ccc(-c2cc3n(n2)C[C@](C)(C(=O)NC2CCCCC2)N(C2CCCCCC2)C3=O)cc1. The predicted molar refractivity (Wildman–Crippen MR) is 135 cm³/mol. The smallest absolute Gasteiger partial charge is 0.273 e. The Morgan fingerprint density at radius 3 is 2.29 bits per heavy atom. The van der Waals surface area contributed by atoms with Gasteiger partial charge in [0.05, 0.1) is 19.3 Å². The molecule has 1 aliphatic heterocycles. The highest BCUT2D eigenvalue weighted by atomic mass is 16.5. The maximum Gasteiger partial charge on any atom is 0.273 e. The molecule has 5 rings (SSSR count). The molecule has 188 valence electrons. The summed E-state index contributed by atoms with van der Waals surface area (Å²) >= 11 is 0. The average molecular weight is 479 g/mol. The van der Waals surface area contributed by atoms with Crippen LogP contribution in [0, 0.1) is 0 Å². The highest BCUT2D eigenvalue weighted by Crippen LogP contribution is 2.36. The molecule has 1 aromatic heterocycles. The first kappa shape index (κ1) is 23.9. The molecule has 2 saturated carbocycles. The summed E-state index contributed by atoms with van der Waals surface area (Å²) in [5.41, 5.74) is 1.28.